The largest absolute Gasteiger partial charge is 0.456 e. The summed E-state index contributed by atoms with van der Waals surface area (Å²) in [6, 6.07) is 15.5. The molecule has 1 aliphatic heterocycles. The summed E-state index contributed by atoms with van der Waals surface area (Å²) in [7, 11) is 0. The molecule has 13 heteroatoms. The average molecular weight is 748 g/mol. The van der Waals surface area contributed by atoms with Crippen molar-refractivity contribution >= 4 is 29.6 Å². The van der Waals surface area contributed by atoms with Gasteiger partial charge in [0.15, 0.2) is 23.6 Å². The Morgan fingerprint density at radius 3 is 2.11 bits per heavy atom. The van der Waals surface area contributed by atoms with Gasteiger partial charge in [0.25, 0.3) is 5.91 Å². The number of carbonyl (C=O) groups excluding carboxylic acids is 5. The third kappa shape index (κ3) is 6.05. The zero-order valence-corrected chi connectivity index (χ0v) is 31.5. The number of hydrogen-bond acceptors (Lipinski definition) is 12. The first-order valence-electron chi connectivity index (χ1n) is 18.2. The average Bonchev–Trinajstić information content (AvgIpc) is 3.12. The first-order valence-corrected chi connectivity index (χ1v) is 18.2. The molecule has 0 aromatic heterocycles. The maximum Gasteiger partial charge on any atom is 0.338 e. The Morgan fingerprint density at radius 1 is 0.944 bits per heavy atom. The highest BCUT2D eigenvalue weighted by Crippen LogP contribution is 2.65. The first kappa shape index (κ1) is 39.3. The number of aliphatic hydroxyl groups is 3. The highest BCUT2D eigenvalue weighted by Gasteiger charge is 2.76. The van der Waals surface area contributed by atoms with E-state index in [2.05, 4.69) is 5.32 Å². The molecule has 290 valence electrons. The maximum atomic E-state index is 15.1. The molecule has 1 heterocycles. The summed E-state index contributed by atoms with van der Waals surface area (Å²) in [4.78, 5) is 67.8. The van der Waals surface area contributed by atoms with Crippen LogP contribution in [-0.2, 0) is 38.1 Å². The standard InChI is InChI=1S/C41H49NO12/c1-21-27(53-37(49)32(46)31(25-14-10-8-11-15-25)42-36(48)26-16-12-9-13-17-26)19-41(50)22(2)34-39(7,28(45)18-29-40(34,20-51-29)54-24(4)44)35(47)33(52-23(3)43)30(21)38(41,5)6/h8-17,22,27-29,31-34,45-46,50H,18-20H2,1-7H3,(H,42,48)/t22-,27-,28-,29+,31+,32+,33+,34-,39+,40-,41+/m0/s1. The molecule has 0 radical (unpaired) electrons. The van der Waals surface area contributed by atoms with Gasteiger partial charge in [0.05, 0.1) is 29.8 Å². The molecule has 2 bridgehead atoms. The second kappa shape index (κ2) is 14.0. The van der Waals surface area contributed by atoms with Gasteiger partial charge < -0.3 is 39.6 Å². The van der Waals surface area contributed by atoms with Gasteiger partial charge in [0.2, 0.25) is 0 Å². The van der Waals surface area contributed by atoms with E-state index in [9.17, 15) is 34.5 Å². The number of fused-ring (bicyclic) bond motifs is 5. The molecular formula is C41H49NO12. The van der Waals surface area contributed by atoms with Crippen molar-refractivity contribution in [1.82, 2.24) is 5.32 Å². The second-order valence-electron chi connectivity index (χ2n) is 16.0. The van der Waals surface area contributed by atoms with Crippen molar-refractivity contribution in [3.05, 3.63) is 82.9 Å². The van der Waals surface area contributed by atoms with Crippen molar-refractivity contribution < 1.29 is 58.2 Å². The van der Waals surface area contributed by atoms with Crippen LogP contribution < -0.4 is 5.32 Å². The van der Waals surface area contributed by atoms with E-state index in [-0.39, 0.29) is 25.0 Å². The molecule has 2 aromatic rings. The summed E-state index contributed by atoms with van der Waals surface area (Å²) in [6.45, 7) is 10.6. The van der Waals surface area contributed by atoms with E-state index in [4.69, 9.17) is 18.9 Å². The molecule has 2 saturated carbocycles. The lowest BCUT2D eigenvalue weighted by Gasteiger charge is -2.68. The van der Waals surface area contributed by atoms with Gasteiger partial charge in [-0.25, -0.2) is 4.79 Å². The Morgan fingerprint density at radius 2 is 1.56 bits per heavy atom. The number of benzene rings is 2. The molecule has 4 N–H and O–H groups in total. The molecule has 0 unspecified atom stereocenters. The van der Waals surface area contributed by atoms with Crippen LogP contribution in [0.25, 0.3) is 0 Å². The van der Waals surface area contributed by atoms with Crippen molar-refractivity contribution in [3.63, 3.8) is 0 Å². The number of esters is 3. The topological polar surface area (TPSA) is 195 Å². The van der Waals surface area contributed by atoms with Crippen molar-refractivity contribution in [3.8, 4) is 0 Å². The summed E-state index contributed by atoms with van der Waals surface area (Å²) in [6.07, 6.45) is -7.23. The minimum atomic E-state index is -1.92. The summed E-state index contributed by atoms with van der Waals surface area (Å²) in [5.41, 5.74) is -5.09. The summed E-state index contributed by atoms with van der Waals surface area (Å²) >= 11 is 0. The lowest BCUT2D eigenvalue weighted by Crippen LogP contribution is -2.79. The van der Waals surface area contributed by atoms with Crippen LogP contribution in [0.1, 0.15) is 83.3 Å². The van der Waals surface area contributed by atoms with Crippen molar-refractivity contribution in [2.24, 2.45) is 22.7 Å². The fourth-order valence-electron chi connectivity index (χ4n) is 9.91. The predicted octanol–water partition coefficient (Wildman–Crippen LogP) is 3.15. The first-order chi connectivity index (χ1) is 25.3. The normalized spacial score (nSPS) is 35.0. The minimum absolute atomic E-state index is 0.0487. The van der Waals surface area contributed by atoms with E-state index in [0.29, 0.717) is 16.7 Å². The van der Waals surface area contributed by atoms with Crippen LogP contribution in [0.4, 0.5) is 0 Å². The Kier molecular flexibility index (Phi) is 10.2. The highest BCUT2D eigenvalue weighted by molar-refractivity contribution is 5.96. The van der Waals surface area contributed by atoms with Crippen LogP contribution in [0.5, 0.6) is 0 Å². The quantitative estimate of drug-likeness (QED) is 0.175. The molecule has 6 rings (SSSR count). The molecule has 0 spiro atoms. The van der Waals surface area contributed by atoms with Crippen LogP contribution in [0.15, 0.2) is 71.8 Å². The van der Waals surface area contributed by atoms with Gasteiger partial charge in [-0.15, -0.1) is 0 Å². The van der Waals surface area contributed by atoms with Crippen LogP contribution in [0, 0.1) is 22.7 Å². The smallest absolute Gasteiger partial charge is 0.338 e. The monoisotopic (exact) mass is 747 g/mol. The number of aliphatic hydroxyl groups excluding tert-OH is 2. The Labute approximate surface area is 314 Å². The van der Waals surface area contributed by atoms with Gasteiger partial charge >= 0.3 is 17.9 Å². The number of amides is 1. The van der Waals surface area contributed by atoms with Gasteiger partial charge in [0, 0.05) is 43.6 Å². The third-order valence-corrected chi connectivity index (χ3v) is 12.7. The minimum Gasteiger partial charge on any atom is -0.456 e. The van der Waals surface area contributed by atoms with Crippen molar-refractivity contribution in [2.75, 3.05) is 6.61 Å². The lowest BCUT2D eigenvalue weighted by molar-refractivity contribution is -0.338. The number of Topliss-reactive ketones (excluding diaryl/α,β-unsaturated/α-hetero) is 1. The van der Waals surface area contributed by atoms with E-state index in [1.165, 1.54) is 6.92 Å². The number of hydrogen-bond donors (Lipinski definition) is 4. The van der Waals surface area contributed by atoms with Crippen LogP contribution in [-0.4, -0.2) is 93.2 Å². The molecule has 3 fully saturated rings. The Hall–Kier alpha value is -4.43. The van der Waals surface area contributed by atoms with E-state index in [1.54, 1.807) is 95.3 Å². The Bertz CT molecular complexity index is 1860. The number of nitrogens with one attached hydrogen (secondary N) is 1. The van der Waals surface area contributed by atoms with Gasteiger partial charge in [-0.1, -0.05) is 69.3 Å². The Balaban J connectivity index is 1.44. The number of ether oxygens (including phenoxy) is 4. The second-order valence-corrected chi connectivity index (χ2v) is 16.0. The van der Waals surface area contributed by atoms with E-state index < -0.39 is 100 Å². The molecule has 4 aliphatic rings. The molecular weight excluding hydrogens is 698 g/mol. The van der Waals surface area contributed by atoms with E-state index >= 15 is 4.79 Å². The van der Waals surface area contributed by atoms with Gasteiger partial charge in [-0.3, -0.25) is 19.2 Å². The molecule has 54 heavy (non-hydrogen) atoms. The lowest BCUT2D eigenvalue weighted by atomic mass is 9.42. The zero-order chi connectivity index (χ0) is 39.5. The number of rotatable bonds is 8. The molecule has 13 nitrogen and oxygen atoms in total. The van der Waals surface area contributed by atoms with Crippen LogP contribution in [0.2, 0.25) is 0 Å². The molecule has 2 aromatic carbocycles. The van der Waals surface area contributed by atoms with Gasteiger partial charge in [-0.2, -0.15) is 0 Å². The molecule has 11 atom stereocenters. The maximum absolute atomic E-state index is 15.1. The summed E-state index contributed by atoms with van der Waals surface area (Å²) in [5, 5.41) is 39.3. The van der Waals surface area contributed by atoms with Crippen LogP contribution >= 0.6 is 0 Å². The van der Waals surface area contributed by atoms with Gasteiger partial charge in [-0.05, 0) is 48.6 Å². The molecule has 3 aliphatic carbocycles. The molecule has 1 saturated heterocycles. The third-order valence-electron chi connectivity index (χ3n) is 12.7. The van der Waals surface area contributed by atoms with Crippen molar-refractivity contribution in [1.29, 1.82) is 0 Å². The number of carbonyl (C=O) groups is 5. The van der Waals surface area contributed by atoms with Gasteiger partial charge in [0.1, 0.15) is 12.2 Å². The summed E-state index contributed by atoms with van der Waals surface area (Å²) < 4.78 is 23.7. The summed E-state index contributed by atoms with van der Waals surface area (Å²) in [5.74, 6) is -5.76. The fourth-order valence-corrected chi connectivity index (χ4v) is 9.91. The van der Waals surface area contributed by atoms with E-state index in [0.717, 1.165) is 6.92 Å². The van der Waals surface area contributed by atoms with Crippen molar-refractivity contribution in [2.45, 2.75) is 109 Å². The highest BCUT2D eigenvalue weighted by atomic mass is 16.6. The fraction of sp³-hybridized carbons (Fsp3) is 0.537. The number of ketones is 1. The SMILES string of the molecule is CC(=O)O[C@H]1C(=O)[C@@]2(C)[C@H]([C@H](C)[C@]3(O)C[C@H](OC(=O)[C@H](O)[C@H](NC(=O)c4ccccc4)c4ccccc4)C(C)=C1C3(C)C)[C@]1(OC(C)=O)CO[C@@H]1C[C@@H]2O. The zero-order valence-electron chi connectivity index (χ0n) is 31.5. The predicted molar refractivity (Wildman–Crippen MR) is 191 cm³/mol. The van der Waals surface area contributed by atoms with E-state index in [1.807, 2.05) is 0 Å². The van der Waals surface area contributed by atoms with Crippen LogP contribution in [0.3, 0.4) is 0 Å². The molecule has 1 amide bonds.